The summed E-state index contributed by atoms with van der Waals surface area (Å²) in [5.41, 5.74) is -0.365. The molecule has 1 heterocycles. The minimum absolute atomic E-state index is 0.0720. The van der Waals surface area contributed by atoms with E-state index in [1.165, 1.54) is 6.42 Å². The third-order valence-corrected chi connectivity index (χ3v) is 2.64. The second kappa shape index (κ2) is 3.89. The molecule has 1 amide bonds. The molecule has 1 aliphatic rings. The summed E-state index contributed by atoms with van der Waals surface area (Å²) in [4.78, 5) is 11.9. The van der Waals surface area contributed by atoms with Gasteiger partial charge in [0, 0.05) is 0 Å². The molecule has 0 aliphatic carbocycles. The zero-order valence-corrected chi connectivity index (χ0v) is 9.80. The van der Waals surface area contributed by atoms with Crippen LogP contribution in [0.25, 0.3) is 0 Å². The van der Waals surface area contributed by atoms with E-state index in [2.05, 4.69) is 0 Å². The zero-order valence-electron chi connectivity index (χ0n) is 9.80. The molecule has 0 spiro atoms. The summed E-state index contributed by atoms with van der Waals surface area (Å²) in [6.45, 7) is 7.60. The molecule has 0 saturated carbocycles. The standard InChI is InChI=1S/C11H22NO2/c1-11(2,3)14-10(13)12(4)8-6-5-7-9-12/h5-9H2,1-4H3/q+1. The summed E-state index contributed by atoms with van der Waals surface area (Å²) in [6.07, 6.45) is 3.44. The highest BCUT2D eigenvalue weighted by molar-refractivity contribution is 5.60. The molecule has 0 atom stereocenters. The Kier molecular flexibility index (Phi) is 3.20. The lowest BCUT2D eigenvalue weighted by atomic mass is 10.1. The van der Waals surface area contributed by atoms with Gasteiger partial charge in [-0.1, -0.05) is 0 Å². The number of carbonyl (C=O) groups is 1. The topological polar surface area (TPSA) is 26.3 Å². The minimum atomic E-state index is -0.365. The Hall–Kier alpha value is -0.570. The Morgan fingerprint density at radius 1 is 1.14 bits per heavy atom. The first-order valence-corrected chi connectivity index (χ1v) is 5.42. The van der Waals surface area contributed by atoms with Crippen molar-refractivity contribution in [1.29, 1.82) is 0 Å². The van der Waals surface area contributed by atoms with Gasteiger partial charge in [0.1, 0.15) is 5.60 Å². The van der Waals surface area contributed by atoms with Crippen LogP contribution in [0.1, 0.15) is 40.0 Å². The van der Waals surface area contributed by atoms with E-state index in [0.29, 0.717) is 4.48 Å². The van der Waals surface area contributed by atoms with Crippen LogP contribution in [0.15, 0.2) is 0 Å². The van der Waals surface area contributed by atoms with Crippen molar-refractivity contribution in [1.82, 2.24) is 0 Å². The largest absolute Gasteiger partial charge is 0.516 e. The quantitative estimate of drug-likeness (QED) is 0.562. The second-order valence-corrected chi connectivity index (χ2v) is 5.38. The SMILES string of the molecule is CC(C)(C)OC(=O)[N+]1(C)CCCCC1. The minimum Gasteiger partial charge on any atom is -0.414 e. The lowest BCUT2D eigenvalue weighted by Gasteiger charge is -2.35. The number of quaternary nitrogens is 1. The van der Waals surface area contributed by atoms with Crippen molar-refractivity contribution in [2.75, 3.05) is 20.1 Å². The monoisotopic (exact) mass is 200 g/mol. The Bertz CT molecular complexity index is 212. The number of nitrogens with zero attached hydrogens (tertiary/aromatic N) is 1. The van der Waals surface area contributed by atoms with Crippen LogP contribution >= 0.6 is 0 Å². The second-order valence-electron chi connectivity index (χ2n) is 5.38. The lowest BCUT2D eigenvalue weighted by molar-refractivity contribution is -0.843. The van der Waals surface area contributed by atoms with Gasteiger partial charge in [-0.2, -0.15) is 4.79 Å². The van der Waals surface area contributed by atoms with E-state index in [0.717, 1.165) is 25.9 Å². The van der Waals surface area contributed by atoms with Crippen LogP contribution < -0.4 is 0 Å². The Balaban J connectivity index is 2.58. The number of amides is 1. The molecule has 82 valence electrons. The van der Waals surface area contributed by atoms with Crippen molar-refractivity contribution in [3.63, 3.8) is 0 Å². The number of ether oxygens (including phenoxy) is 1. The van der Waals surface area contributed by atoms with Crippen LogP contribution in [0.5, 0.6) is 0 Å². The summed E-state index contributed by atoms with van der Waals surface area (Å²) < 4.78 is 5.87. The lowest BCUT2D eigenvalue weighted by Crippen LogP contribution is -2.54. The maximum Gasteiger partial charge on any atom is 0.516 e. The normalized spacial score (nSPS) is 21.7. The third kappa shape index (κ3) is 2.98. The first-order chi connectivity index (χ1) is 6.33. The highest BCUT2D eigenvalue weighted by atomic mass is 16.6. The van der Waals surface area contributed by atoms with E-state index in [9.17, 15) is 4.79 Å². The van der Waals surface area contributed by atoms with Gasteiger partial charge in [-0.3, -0.25) is 0 Å². The highest BCUT2D eigenvalue weighted by Gasteiger charge is 2.37. The molecule has 1 fully saturated rings. The molecule has 0 radical (unpaired) electrons. The highest BCUT2D eigenvalue weighted by Crippen LogP contribution is 2.20. The van der Waals surface area contributed by atoms with Crippen LogP contribution in [0, 0.1) is 0 Å². The molecule has 3 nitrogen and oxygen atoms in total. The van der Waals surface area contributed by atoms with E-state index in [1.807, 2.05) is 27.8 Å². The summed E-state index contributed by atoms with van der Waals surface area (Å²) in [5, 5.41) is 0. The van der Waals surface area contributed by atoms with Crippen LogP contribution in [0.3, 0.4) is 0 Å². The van der Waals surface area contributed by atoms with Crippen LogP contribution in [0.2, 0.25) is 0 Å². The van der Waals surface area contributed by atoms with Crippen LogP contribution in [0.4, 0.5) is 4.79 Å². The van der Waals surface area contributed by atoms with Gasteiger partial charge in [-0.05, 0) is 40.0 Å². The maximum atomic E-state index is 11.9. The maximum absolute atomic E-state index is 11.9. The van der Waals surface area contributed by atoms with E-state index in [4.69, 9.17) is 4.74 Å². The van der Waals surface area contributed by atoms with E-state index in [1.54, 1.807) is 0 Å². The predicted molar refractivity (Wildman–Crippen MR) is 56.0 cm³/mol. The van der Waals surface area contributed by atoms with E-state index >= 15 is 0 Å². The van der Waals surface area contributed by atoms with Crippen LogP contribution in [-0.2, 0) is 4.74 Å². The van der Waals surface area contributed by atoms with Gasteiger partial charge in [0.25, 0.3) is 0 Å². The Labute approximate surface area is 86.6 Å². The predicted octanol–water partition coefficient (Wildman–Crippen LogP) is 2.55. The van der Waals surface area contributed by atoms with E-state index in [-0.39, 0.29) is 11.7 Å². The Morgan fingerprint density at radius 2 is 1.64 bits per heavy atom. The van der Waals surface area contributed by atoms with Gasteiger partial charge >= 0.3 is 6.09 Å². The number of carbonyl (C=O) groups excluding carboxylic acids is 1. The molecule has 1 saturated heterocycles. The molecule has 14 heavy (non-hydrogen) atoms. The first-order valence-electron chi connectivity index (χ1n) is 5.42. The third-order valence-electron chi connectivity index (χ3n) is 2.64. The first kappa shape index (κ1) is 11.5. The zero-order chi connectivity index (χ0) is 10.8. The average Bonchev–Trinajstić information content (AvgIpc) is 2.02. The fourth-order valence-corrected chi connectivity index (χ4v) is 1.76. The van der Waals surface area contributed by atoms with Gasteiger partial charge < -0.3 is 4.74 Å². The number of hydrogen-bond donors (Lipinski definition) is 0. The molecule has 1 aliphatic heterocycles. The van der Waals surface area contributed by atoms with Gasteiger partial charge in [0.2, 0.25) is 0 Å². The number of hydrogen-bond acceptors (Lipinski definition) is 2. The molecule has 0 aromatic carbocycles. The molecular formula is C11H22NO2+. The summed E-state index contributed by atoms with van der Waals surface area (Å²) in [6, 6.07) is 0. The molecule has 0 aromatic rings. The van der Waals surface area contributed by atoms with Crippen molar-refractivity contribution < 1.29 is 14.0 Å². The van der Waals surface area contributed by atoms with Crippen molar-refractivity contribution in [3.05, 3.63) is 0 Å². The number of likely N-dealkylation sites (tertiary alicyclic amines) is 1. The molecule has 0 unspecified atom stereocenters. The summed E-state index contributed by atoms with van der Waals surface area (Å²) in [5.74, 6) is 0. The summed E-state index contributed by atoms with van der Waals surface area (Å²) >= 11 is 0. The van der Waals surface area contributed by atoms with Gasteiger partial charge in [0.05, 0.1) is 20.1 Å². The van der Waals surface area contributed by atoms with Crippen molar-refractivity contribution in [2.24, 2.45) is 0 Å². The number of rotatable bonds is 0. The molecule has 0 N–H and O–H groups in total. The Morgan fingerprint density at radius 3 is 2.07 bits per heavy atom. The fourth-order valence-electron chi connectivity index (χ4n) is 1.76. The smallest absolute Gasteiger partial charge is 0.414 e. The van der Waals surface area contributed by atoms with Crippen molar-refractivity contribution in [3.8, 4) is 0 Å². The average molecular weight is 200 g/mol. The van der Waals surface area contributed by atoms with E-state index < -0.39 is 0 Å². The van der Waals surface area contributed by atoms with Gasteiger partial charge in [0.15, 0.2) is 0 Å². The van der Waals surface area contributed by atoms with Crippen molar-refractivity contribution in [2.45, 2.75) is 45.6 Å². The fraction of sp³-hybridized carbons (Fsp3) is 0.909. The molecule has 0 aromatic heterocycles. The van der Waals surface area contributed by atoms with Crippen LogP contribution in [-0.4, -0.2) is 36.3 Å². The molecular weight excluding hydrogens is 178 g/mol. The molecule has 1 rings (SSSR count). The molecule has 3 heteroatoms. The van der Waals surface area contributed by atoms with Gasteiger partial charge in [-0.15, -0.1) is 0 Å². The van der Waals surface area contributed by atoms with Gasteiger partial charge in [-0.25, -0.2) is 4.48 Å². The number of piperidine rings is 1. The van der Waals surface area contributed by atoms with Crippen molar-refractivity contribution >= 4 is 6.09 Å². The molecule has 0 bridgehead atoms. The summed E-state index contributed by atoms with van der Waals surface area (Å²) in [7, 11) is 1.98.